The van der Waals surface area contributed by atoms with Gasteiger partial charge in [0.05, 0.1) is 19.3 Å². The average Bonchev–Trinajstić information content (AvgIpc) is 3.26. The summed E-state index contributed by atoms with van der Waals surface area (Å²) in [7, 11) is 1.87. The molecule has 200 valence electrons. The number of rotatable bonds is 12. The Morgan fingerprint density at radius 2 is 1.82 bits per heavy atom. The quantitative estimate of drug-likeness (QED) is 0.237. The van der Waals surface area contributed by atoms with Crippen molar-refractivity contribution >= 4 is 16.9 Å². The van der Waals surface area contributed by atoms with Crippen molar-refractivity contribution in [1.82, 2.24) is 9.88 Å². The Morgan fingerprint density at radius 1 is 1.03 bits per heavy atom. The van der Waals surface area contributed by atoms with Crippen LogP contribution in [0.1, 0.15) is 52.7 Å². The topological polar surface area (TPSA) is 93.0 Å². The number of carbonyl (C=O) groups excluding carboxylic acids is 1. The number of hydrogen-bond acceptors (Lipinski definition) is 6. The van der Waals surface area contributed by atoms with Crippen LogP contribution in [0, 0.1) is 0 Å². The first kappa shape index (κ1) is 27.4. The van der Waals surface area contributed by atoms with E-state index in [-0.39, 0.29) is 18.6 Å². The molecule has 7 nitrogen and oxygen atoms in total. The molecule has 4 rings (SSSR count). The van der Waals surface area contributed by atoms with Crippen LogP contribution in [-0.4, -0.2) is 39.9 Å². The fourth-order valence-corrected chi connectivity index (χ4v) is 4.59. The van der Waals surface area contributed by atoms with Gasteiger partial charge in [0.15, 0.2) is 0 Å². The van der Waals surface area contributed by atoms with Gasteiger partial charge < -0.3 is 29.6 Å². The summed E-state index contributed by atoms with van der Waals surface area (Å²) in [5.41, 5.74) is 5.05. The highest BCUT2D eigenvalue weighted by molar-refractivity contribution is 5.95. The Kier molecular flexibility index (Phi) is 9.18. The molecule has 0 spiro atoms. The second-order valence-electron chi connectivity index (χ2n) is 9.53. The van der Waals surface area contributed by atoms with Crippen molar-refractivity contribution in [2.24, 2.45) is 7.05 Å². The zero-order chi connectivity index (χ0) is 27.1. The number of aliphatic hydroxyl groups excluding tert-OH is 2. The minimum Gasteiger partial charge on any atom is -0.489 e. The van der Waals surface area contributed by atoms with E-state index in [9.17, 15) is 15.0 Å². The molecule has 0 unspecified atom stereocenters. The van der Waals surface area contributed by atoms with Crippen LogP contribution in [0.4, 0.5) is 0 Å². The van der Waals surface area contributed by atoms with Crippen LogP contribution in [0.15, 0.2) is 72.8 Å². The molecule has 0 saturated carbocycles. The van der Waals surface area contributed by atoms with Crippen molar-refractivity contribution < 1.29 is 24.5 Å². The maximum atomic E-state index is 12.2. The lowest BCUT2D eigenvalue weighted by molar-refractivity contribution is 0.0516. The molecule has 2 atom stereocenters. The lowest BCUT2D eigenvalue weighted by atomic mass is 10.0. The van der Waals surface area contributed by atoms with Gasteiger partial charge in [-0.25, -0.2) is 4.79 Å². The van der Waals surface area contributed by atoms with Gasteiger partial charge in [0, 0.05) is 36.1 Å². The Bertz CT molecular complexity index is 1370. The Hall–Kier alpha value is -3.65. The van der Waals surface area contributed by atoms with Gasteiger partial charge in [0.2, 0.25) is 0 Å². The smallest absolute Gasteiger partial charge is 0.354 e. The molecule has 0 saturated heterocycles. The summed E-state index contributed by atoms with van der Waals surface area (Å²) in [5.74, 6) is 0.285. The van der Waals surface area contributed by atoms with Crippen molar-refractivity contribution in [3.63, 3.8) is 0 Å². The van der Waals surface area contributed by atoms with E-state index in [0.29, 0.717) is 36.8 Å². The number of nitrogens with zero attached hydrogens (tertiary/aromatic N) is 1. The van der Waals surface area contributed by atoms with Crippen molar-refractivity contribution in [3.8, 4) is 5.75 Å². The van der Waals surface area contributed by atoms with Gasteiger partial charge in [-0.1, -0.05) is 42.5 Å². The molecular weight excluding hydrogens is 480 g/mol. The van der Waals surface area contributed by atoms with E-state index in [0.717, 1.165) is 34.0 Å². The number of fused-ring (bicyclic) bond motifs is 1. The molecule has 7 heteroatoms. The molecule has 0 aliphatic heterocycles. The fraction of sp³-hybridized carbons (Fsp3) is 0.323. The highest BCUT2D eigenvalue weighted by Crippen LogP contribution is 2.25. The van der Waals surface area contributed by atoms with Gasteiger partial charge in [0.25, 0.3) is 0 Å². The van der Waals surface area contributed by atoms with Gasteiger partial charge >= 0.3 is 5.97 Å². The SMILES string of the molecule is CCOC(=O)c1cc2cc(C[C@@H](C)NC[C@H](O)c3ccc(OCc4ccccc4)c(CO)c3)ccc2n1C. The second kappa shape index (κ2) is 12.7. The van der Waals surface area contributed by atoms with Gasteiger partial charge in [-0.05, 0) is 67.3 Å². The predicted octanol–water partition coefficient (Wildman–Crippen LogP) is 4.68. The number of aryl methyl sites for hydroxylation is 1. The van der Waals surface area contributed by atoms with E-state index >= 15 is 0 Å². The van der Waals surface area contributed by atoms with Crippen LogP contribution in [-0.2, 0) is 31.4 Å². The summed E-state index contributed by atoms with van der Waals surface area (Å²) in [5, 5.41) is 25.0. The molecule has 0 aliphatic carbocycles. The molecule has 4 aromatic rings. The van der Waals surface area contributed by atoms with Crippen LogP contribution in [0.5, 0.6) is 5.75 Å². The third kappa shape index (κ3) is 6.61. The number of hydrogen-bond donors (Lipinski definition) is 3. The average molecular weight is 517 g/mol. The van der Waals surface area contributed by atoms with Gasteiger partial charge in [-0.3, -0.25) is 0 Å². The number of aliphatic hydroxyl groups is 2. The van der Waals surface area contributed by atoms with Crippen LogP contribution in [0.25, 0.3) is 10.9 Å². The maximum absolute atomic E-state index is 12.2. The van der Waals surface area contributed by atoms with Crippen molar-refractivity contribution in [2.45, 2.75) is 45.6 Å². The minimum absolute atomic E-state index is 0.112. The highest BCUT2D eigenvalue weighted by Gasteiger charge is 2.16. The van der Waals surface area contributed by atoms with Gasteiger partial charge in [-0.15, -0.1) is 0 Å². The maximum Gasteiger partial charge on any atom is 0.354 e. The number of benzene rings is 3. The van der Waals surface area contributed by atoms with Crippen LogP contribution < -0.4 is 10.1 Å². The summed E-state index contributed by atoms with van der Waals surface area (Å²) >= 11 is 0. The van der Waals surface area contributed by atoms with Gasteiger partial charge in [-0.2, -0.15) is 0 Å². The Balaban J connectivity index is 1.34. The van der Waals surface area contributed by atoms with Crippen LogP contribution in [0.3, 0.4) is 0 Å². The molecule has 1 heterocycles. The summed E-state index contributed by atoms with van der Waals surface area (Å²) in [6.45, 7) is 4.82. The molecule has 3 N–H and O–H groups in total. The van der Waals surface area contributed by atoms with E-state index in [4.69, 9.17) is 9.47 Å². The monoisotopic (exact) mass is 516 g/mol. The van der Waals surface area contributed by atoms with E-state index in [1.807, 2.05) is 60.1 Å². The first-order valence-corrected chi connectivity index (χ1v) is 13.0. The number of nitrogens with one attached hydrogen (secondary N) is 1. The predicted molar refractivity (Wildman–Crippen MR) is 148 cm³/mol. The van der Waals surface area contributed by atoms with E-state index in [1.54, 1.807) is 19.1 Å². The van der Waals surface area contributed by atoms with Crippen molar-refractivity contribution in [1.29, 1.82) is 0 Å². The van der Waals surface area contributed by atoms with Crippen molar-refractivity contribution in [3.05, 3.63) is 101 Å². The summed E-state index contributed by atoms with van der Waals surface area (Å²) in [4.78, 5) is 12.2. The van der Waals surface area contributed by atoms with Crippen LogP contribution in [0.2, 0.25) is 0 Å². The van der Waals surface area contributed by atoms with Crippen LogP contribution >= 0.6 is 0 Å². The largest absolute Gasteiger partial charge is 0.489 e. The Morgan fingerprint density at radius 3 is 2.55 bits per heavy atom. The molecule has 38 heavy (non-hydrogen) atoms. The van der Waals surface area contributed by atoms with E-state index < -0.39 is 6.10 Å². The van der Waals surface area contributed by atoms with Crippen molar-refractivity contribution in [2.75, 3.05) is 13.2 Å². The fourth-order valence-electron chi connectivity index (χ4n) is 4.59. The molecule has 0 amide bonds. The summed E-state index contributed by atoms with van der Waals surface area (Å²) in [6.07, 6.45) is 0.0372. The molecule has 0 fully saturated rings. The number of esters is 1. The molecular formula is C31H36N2O5. The molecule has 0 aliphatic rings. The van der Waals surface area contributed by atoms with E-state index in [2.05, 4.69) is 24.4 Å². The van der Waals surface area contributed by atoms with E-state index in [1.165, 1.54) is 0 Å². The zero-order valence-corrected chi connectivity index (χ0v) is 22.2. The summed E-state index contributed by atoms with van der Waals surface area (Å²) in [6, 6.07) is 23.4. The second-order valence-corrected chi connectivity index (χ2v) is 9.53. The minimum atomic E-state index is -0.727. The zero-order valence-electron chi connectivity index (χ0n) is 22.2. The third-order valence-corrected chi connectivity index (χ3v) is 6.67. The Labute approximate surface area is 223 Å². The summed E-state index contributed by atoms with van der Waals surface area (Å²) < 4.78 is 12.9. The first-order chi connectivity index (χ1) is 18.4. The highest BCUT2D eigenvalue weighted by atomic mass is 16.5. The first-order valence-electron chi connectivity index (χ1n) is 13.0. The molecule has 0 radical (unpaired) electrons. The molecule has 0 bridgehead atoms. The third-order valence-electron chi connectivity index (χ3n) is 6.67. The standard InChI is InChI=1S/C31H36N2O5/c1-4-37-31(36)28-17-25-15-23(10-12-27(25)33(28)3)14-21(2)32-18-29(35)24-11-13-30(26(16-24)19-34)38-20-22-8-6-5-7-9-22/h5-13,15-17,21,29,32,34-35H,4,14,18-20H2,1-3H3/t21-,29+/m1/s1. The number of carbonyl (C=O) groups is 1. The lowest BCUT2D eigenvalue weighted by Gasteiger charge is -2.19. The number of ether oxygens (including phenoxy) is 2. The molecule has 3 aromatic carbocycles. The normalized spacial score (nSPS) is 12.9. The van der Waals surface area contributed by atoms with Gasteiger partial charge in [0.1, 0.15) is 18.1 Å². The number of aromatic nitrogens is 1. The molecule has 1 aromatic heterocycles. The lowest BCUT2D eigenvalue weighted by Crippen LogP contribution is -2.32.